The summed E-state index contributed by atoms with van der Waals surface area (Å²) in [4.78, 5) is 24.6. The van der Waals surface area contributed by atoms with Crippen molar-refractivity contribution in [3.63, 3.8) is 0 Å². The second-order valence-corrected chi connectivity index (χ2v) is 4.31. The van der Waals surface area contributed by atoms with E-state index in [0.29, 0.717) is 25.4 Å². The third kappa shape index (κ3) is 3.71. The summed E-state index contributed by atoms with van der Waals surface area (Å²) in [5.74, 6) is 0.231. The Hall–Kier alpha value is -2.08. The van der Waals surface area contributed by atoms with Gasteiger partial charge in [0.15, 0.2) is 6.61 Å². The number of nitrogens with one attached hydrogen (secondary N) is 1. The topological polar surface area (TPSA) is 67.9 Å². The van der Waals surface area contributed by atoms with Gasteiger partial charge in [-0.25, -0.2) is 4.79 Å². The molecular formula is C14H18N2O4. The quantitative estimate of drug-likeness (QED) is 0.797. The molecule has 1 N–H and O–H groups in total. The first-order chi connectivity index (χ1) is 9.70. The van der Waals surface area contributed by atoms with Gasteiger partial charge in [0.25, 0.3) is 0 Å². The molecule has 0 bridgehead atoms. The number of hydrogen-bond donors (Lipinski definition) is 1. The molecule has 0 aromatic heterocycles. The van der Waals surface area contributed by atoms with Crippen molar-refractivity contribution in [2.45, 2.75) is 6.92 Å². The van der Waals surface area contributed by atoms with Crippen LogP contribution in [0.2, 0.25) is 0 Å². The number of piperazine rings is 1. The van der Waals surface area contributed by atoms with Crippen LogP contribution in [0.1, 0.15) is 6.92 Å². The van der Waals surface area contributed by atoms with Crippen molar-refractivity contribution in [1.82, 2.24) is 5.32 Å². The minimum absolute atomic E-state index is 0.0523. The highest BCUT2D eigenvalue weighted by molar-refractivity contribution is 5.95. The Morgan fingerprint density at radius 3 is 2.75 bits per heavy atom. The summed E-state index contributed by atoms with van der Waals surface area (Å²) < 4.78 is 10.1. The normalized spacial score (nSPS) is 15.1. The molecule has 0 aliphatic carbocycles. The van der Waals surface area contributed by atoms with Gasteiger partial charge in [0, 0.05) is 18.8 Å². The Morgan fingerprint density at radius 1 is 1.35 bits per heavy atom. The summed E-state index contributed by atoms with van der Waals surface area (Å²) in [6.07, 6.45) is 0. The van der Waals surface area contributed by atoms with E-state index in [1.807, 2.05) is 12.1 Å². The summed E-state index contributed by atoms with van der Waals surface area (Å²) in [6.45, 7) is 3.78. The highest BCUT2D eigenvalue weighted by atomic mass is 16.6. The van der Waals surface area contributed by atoms with Gasteiger partial charge < -0.3 is 19.7 Å². The molecule has 1 fully saturated rings. The van der Waals surface area contributed by atoms with Crippen LogP contribution in [0.25, 0.3) is 0 Å². The molecule has 1 heterocycles. The van der Waals surface area contributed by atoms with E-state index >= 15 is 0 Å². The van der Waals surface area contributed by atoms with Gasteiger partial charge in [-0.15, -0.1) is 0 Å². The third-order valence-corrected chi connectivity index (χ3v) is 2.90. The van der Waals surface area contributed by atoms with Crippen molar-refractivity contribution in [3.8, 4) is 5.75 Å². The maximum Gasteiger partial charge on any atom is 0.344 e. The van der Waals surface area contributed by atoms with E-state index in [2.05, 4.69) is 5.32 Å². The fourth-order valence-electron chi connectivity index (χ4n) is 1.95. The van der Waals surface area contributed by atoms with E-state index < -0.39 is 5.97 Å². The molecule has 0 unspecified atom stereocenters. The molecule has 108 valence electrons. The molecule has 0 saturated carbocycles. The van der Waals surface area contributed by atoms with Gasteiger partial charge >= 0.3 is 5.97 Å². The molecular weight excluding hydrogens is 260 g/mol. The average Bonchev–Trinajstić information content (AvgIpc) is 2.47. The van der Waals surface area contributed by atoms with Gasteiger partial charge in [-0.2, -0.15) is 0 Å². The molecule has 0 radical (unpaired) electrons. The zero-order chi connectivity index (χ0) is 14.4. The van der Waals surface area contributed by atoms with E-state index in [0.717, 1.165) is 12.2 Å². The number of esters is 1. The predicted molar refractivity (Wildman–Crippen MR) is 73.8 cm³/mol. The Labute approximate surface area is 117 Å². The number of carbonyl (C=O) groups excluding carboxylic acids is 2. The van der Waals surface area contributed by atoms with E-state index in [4.69, 9.17) is 9.47 Å². The average molecular weight is 278 g/mol. The molecule has 1 aromatic carbocycles. The van der Waals surface area contributed by atoms with Crippen molar-refractivity contribution in [1.29, 1.82) is 0 Å². The Kier molecular flexibility index (Phi) is 4.95. The number of amides is 1. The van der Waals surface area contributed by atoms with E-state index in [-0.39, 0.29) is 12.5 Å². The molecule has 1 amide bonds. The molecule has 0 atom stereocenters. The molecule has 2 rings (SSSR count). The SMILES string of the molecule is CCOC(=O)COc1ccc(N2CCNCC2=O)cc1. The summed E-state index contributed by atoms with van der Waals surface area (Å²) in [6, 6.07) is 7.10. The Bertz CT molecular complexity index is 473. The fourth-order valence-corrected chi connectivity index (χ4v) is 1.95. The molecule has 1 saturated heterocycles. The number of hydrogen-bond acceptors (Lipinski definition) is 5. The molecule has 1 aliphatic heterocycles. The largest absolute Gasteiger partial charge is 0.482 e. The fraction of sp³-hybridized carbons (Fsp3) is 0.429. The summed E-state index contributed by atoms with van der Waals surface area (Å²) >= 11 is 0. The van der Waals surface area contributed by atoms with E-state index in [1.54, 1.807) is 24.0 Å². The lowest BCUT2D eigenvalue weighted by Gasteiger charge is -2.27. The van der Waals surface area contributed by atoms with Gasteiger partial charge in [0.05, 0.1) is 13.2 Å². The van der Waals surface area contributed by atoms with Gasteiger partial charge in [0.2, 0.25) is 5.91 Å². The van der Waals surface area contributed by atoms with Crippen molar-refractivity contribution < 1.29 is 19.1 Å². The lowest BCUT2D eigenvalue weighted by atomic mass is 10.2. The third-order valence-electron chi connectivity index (χ3n) is 2.90. The number of benzene rings is 1. The van der Waals surface area contributed by atoms with E-state index in [1.165, 1.54) is 0 Å². The summed E-state index contributed by atoms with van der Waals surface area (Å²) in [5, 5.41) is 3.02. The summed E-state index contributed by atoms with van der Waals surface area (Å²) in [7, 11) is 0. The molecule has 6 heteroatoms. The highest BCUT2D eigenvalue weighted by Crippen LogP contribution is 2.20. The molecule has 1 aliphatic rings. The van der Waals surface area contributed by atoms with Gasteiger partial charge in [-0.3, -0.25) is 4.79 Å². The number of nitrogens with zero attached hydrogens (tertiary/aromatic N) is 1. The monoisotopic (exact) mass is 278 g/mol. The van der Waals surface area contributed by atoms with Crippen molar-refractivity contribution in [3.05, 3.63) is 24.3 Å². The zero-order valence-corrected chi connectivity index (χ0v) is 11.4. The van der Waals surface area contributed by atoms with Crippen LogP contribution in [-0.2, 0) is 14.3 Å². The van der Waals surface area contributed by atoms with Gasteiger partial charge in [-0.1, -0.05) is 0 Å². The molecule has 1 aromatic rings. The smallest absolute Gasteiger partial charge is 0.344 e. The van der Waals surface area contributed by atoms with Crippen LogP contribution in [-0.4, -0.2) is 44.7 Å². The molecule has 0 spiro atoms. The maximum absolute atomic E-state index is 11.7. The second-order valence-electron chi connectivity index (χ2n) is 4.31. The van der Waals surface area contributed by atoms with Gasteiger partial charge in [-0.05, 0) is 31.2 Å². The van der Waals surface area contributed by atoms with Crippen LogP contribution in [0, 0.1) is 0 Å². The number of rotatable bonds is 5. The van der Waals surface area contributed by atoms with Crippen LogP contribution in [0.15, 0.2) is 24.3 Å². The van der Waals surface area contributed by atoms with Crippen LogP contribution < -0.4 is 15.0 Å². The lowest BCUT2D eigenvalue weighted by Crippen LogP contribution is -2.48. The summed E-state index contributed by atoms with van der Waals surface area (Å²) in [5.41, 5.74) is 0.833. The van der Waals surface area contributed by atoms with Crippen molar-refractivity contribution in [2.75, 3.05) is 37.7 Å². The van der Waals surface area contributed by atoms with E-state index in [9.17, 15) is 9.59 Å². The Balaban J connectivity index is 1.92. The van der Waals surface area contributed by atoms with Crippen molar-refractivity contribution >= 4 is 17.6 Å². The number of anilines is 1. The van der Waals surface area contributed by atoms with Crippen LogP contribution in [0.3, 0.4) is 0 Å². The first-order valence-electron chi connectivity index (χ1n) is 6.60. The van der Waals surface area contributed by atoms with Crippen LogP contribution in [0.4, 0.5) is 5.69 Å². The number of carbonyl (C=O) groups is 2. The zero-order valence-electron chi connectivity index (χ0n) is 11.4. The molecule has 6 nitrogen and oxygen atoms in total. The number of ether oxygens (including phenoxy) is 2. The Morgan fingerprint density at radius 2 is 2.10 bits per heavy atom. The van der Waals surface area contributed by atoms with Crippen LogP contribution >= 0.6 is 0 Å². The minimum Gasteiger partial charge on any atom is -0.482 e. The first kappa shape index (κ1) is 14.3. The van der Waals surface area contributed by atoms with Crippen LogP contribution in [0.5, 0.6) is 5.75 Å². The lowest BCUT2D eigenvalue weighted by molar-refractivity contribution is -0.145. The standard InChI is InChI=1S/C14H18N2O4/c1-2-19-14(18)10-20-12-5-3-11(4-6-12)16-8-7-15-9-13(16)17/h3-6,15H,2,7-10H2,1H3. The molecule has 20 heavy (non-hydrogen) atoms. The maximum atomic E-state index is 11.7. The minimum atomic E-state index is -0.395. The first-order valence-corrected chi connectivity index (χ1v) is 6.60. The van der Waals surface area contributed by atoms with Crippen molar-refractivity contribution in [2.24, 2.45) is 0 Å². The predicted octanol–water partition coefficient (Wildman–Crippen LogP) is 0.565. The second kappa shape index (κ2) is 6.91. The highest BCUT2D eigenvalue weighted by Gasteiger charge is 2.18. The van der Waals surface area contributed by atoms with Gasteiger partial charge in [0.1, 0.15) is 5.75 Å².